The highest BCUT2D eigenvalue weighted by Crippen LogP contribution is 2.30. The van der Waals surface area contributed by atoms with Crippen molar-refractivity contribution in [1.29, 1.82) is 5.26 Å². The number of nitrogens with one attached hydrogen (secondary N) is 1. The minimum Gasteiger partial charge on any atom is -0.276 e. The van der Waals surface area contributed by atoms with Gasteiger partial charge in [-0.2, -0.15) is 18.4 Å². The number of nitriles is 1. The molecular formula is C15H9F3N6O2. The number of non-ortho nitro benzene ring substituents is 1. The van der Waals surface area contributed by atoms with Gasteiger partial charge in [-0.3, -0.25) is 15.5 Å². The van der Waals surface area contributed by atoms with E-state index in [4.69, 9.17) is 5.26 Å². The Bertz CT molecular complexity index is 884. The van der Waals surface area contributed by atoms with Gasteiger partial charge in [0.2, 0.25) is 0 Å². The second-order valence-electron chi connectivity index (χ2n) is 4.71. The molecule has 0 radical (unpaired) electrons. The molecule has 0 saturated heterocycles. The summed E-state index contributed by atoms with van der Waals surface area (Å²) in [6, 6.07) is 10.8. The molecule has 0 atom stereocenters. The second kappa shape index (κ2) is 7.84. The lowest BCUT2D eigenvalue weighted by molar-refractivity contribution is -0.384. The third-order valence-electron chi connectivity index (χ3n) is 2.92. The summed E-state index contributed by atoms with van der Waals surface area (Å²) >= 11 is 0. The summed E-state index contributed by atoms with van der Waals surface area (Å²) in [5.74, 6) is -0.386. The molecule has 2 aromatic carbocycles. The molecule has 0 fully saturated rings. The number of halogens is 3. The van der Waals surface area contributed by atoms with Gasteiger partial charge >= 0.3 is 6.18 Å². The first-order chi connectivity index (χ1) is 12.3. The zero-order valence-electron chi connectivity index (χ0n) is 12.8. The Morgan fingerprint density at radius 1 is 1.12 bits per heavy atom. The predicted octanol–water partition coefficient (Wildman–Crippen LogP) is 4.65. The Morgan fingerprint density at radius 3 is 2.23 bits per heavy atom. The van der Waals surface area contributed by atoms with Gasteiger partial charge in [0.05, 0.1) is 21.9 Å². The van der Waals surface area contributed by atoms with Gasteiger partial charge < -0.3 is 0 Å². The van der Waals surface area contributed by atoms with Crippen LogP contribution >= 0.6 is 0 Å². The summed E-state index contributed by atoms with van der Waals surface area (Å²) in [4.78, 5) is 9.98. The molecule has 0 spiro atoms. The van der Waals surface area contributed by atoms with Gasteiger partial charge in [0.25, 0.3) is 11.5 Å². The molecule has 2 aromatic rings. The summed E-state index contributed by atoms with van der Waals surface area (Å²) in [6.45, 7) is 0. The molecule has 0 bridgehead atoms. The summed E-state index contributed by atoms with van der Waals surface area (Å²) in [7, 11) is 0. The molecule has 11 heteroatoms. The van der Waals surface area contributed by atoms with Crippen LogP contribution in [0.25, 0.3) is 0 Å². The van der Waals surface area contributed by atoms with E-state index in [1.165, 1.54) is 24.3 Å². The maximum Gasteiger partial charge on any atom is 0.416 e. The number of nitro benzene ring substituents is 1. The second-order valence-corrected chi connectivity index (χ2v) is 4.71. The topological polar surface area (TPSA) is 116 Å². The Hall–Kier alpha value is -3.81. The number of alkyl halides is 3. The predicted molar refractivity (Wildman–Crippen MR) is 85.7 cm³/mol. The lowest BCUT2D eigenvalue weighted by Gasteiger charge is -2.05. The van der Waals surface area contributed by atoms with E-state index in [0.29, 0.717) is 5.69 Å². The third-order valence-corrected chi connectivity index (χ3v) is 2.92. The van der Waals surface area contributed by atoms with Crippen LogP contribution < -0.4 is 5.43 Å². The lowest BCUT2D eigenvalue weighted by Crippen LogP contribution is -2.03. The first-order valence-corrected chi connectivity index (χ1v) is 6.87. The fraction of sp³-hybridized carbons (Fsp3) is 0.0667. The average Bonchev–Trinajstić information content (AvgIpc) is 2.62. The Kier molecular flexibility index (Phi) is 5.59. The van der Waals surface area contributed by atoms with Crippen molar-refractivity contribution in [2.75, 3.05) is 5.43 Å². The zero-order valence-corrected chi connectivity index (χ0v) is 12.8. The van der Waals surface area contributed by atoms with E-state index in [2.05, 4.69) is 20.8 Å². The third kappa shape index (κ3) is 5.10. The molecule has 0 saturated carbocycles. The number of hydrogen-bond acceptors (Lipinski definition) is 6. The molecule has 26 heavy (non-hydrogen) atoms. The number of hydrazone groups is 1. The van der Waals surface area contributed by atoms with Crippen LogP contribution in [0.4, 0.5) is 30.2 Å². The monoisotopic (exact) mass is 362 g/mol. The molecule has 1 N–H and O–H groups in total. The smallest absolute Gasteiger partial charge is 0.276 e. The molecule has 0 aliphatic carbocycles. The Morgan fingerprint density at radius 2 is 1.73 bits per heavy atom. The van der Waals surface area contributed by atoms with Crippen LogP contribution in [0.15, 0.2) is 63.9 Å². The van der Waals surface area contributed by atoms with Crippen molar-refractivity contribution in [2.24, 2.45) is 15.3 Å². The van der Waals surface area contributed by atoms with Crippen molar-refractivity contribution in [2.45, 2.75) is 6.18 Å². The number of azo groups is 1. The van der Waals surface area contributed by atoms with Crippen LogP contribution in [0.2, 0.25) is 0 Å². The minimum absolute atomic E-state index is 0.108. The highest BCUT2D eigenvalue weighted by Gasteiger charge is 2.29. The number of amidine groups is 1. The molecular weight excluding hydrogens is 353 g/mol. The molecule has 8 nitrogen and oxygen atoms in total. The fourth-order valence-corrected chi connectivity index (χ4v) is 1.67. The van der Waals surface area contributed by atoms with Crippen molar-refractivity contribution in [3.8, 4) is 6.07 Å². The first-order valence-electron chi connectivity index (χ1n) is 6.87. The Labute approximate surface area is 144 Å². The summed E-state index contributed by atoms with van der Waals surface area (Å²) in [5, 5.41) is 30.3. The highest BCUT2D eigenvalue weighted by molar-refractivity contribution is 5.97. The standard InChI is InChI=1S/C15H9F3N6O2/c16-15(17,18)10-1-3-11(4-2-10)20-22-14(9-19)23-21-12-5-7-13(8-6-12)24(25)26/h1-8,21H. The molecule has 0 unspecified atom stereocenters. The van der Waals surface area contributed by atoms with Gasteiger partial charge in [0, 0.05) is 12.1 Å². The van der Waals surface area contributed by atoms with E-state index < -0.39 is 16.7 Å². The highest BCUT2D eigenvalue weighted by atomic mass is 19.4. The molecule has 0 aromatic heterocycles. The van der Waals surface area contributed by atoms with Crippen molar-refractivity contribution >= 4 is 22.9 Å². The zero-order chi connectivity index (χ0) is 19.2. The molecule has 0 amide bonds. The SMILES string of the molecule is N#CC(N=Nc1ccc(C(F)(F)F)cc1)=NNc1ccc([N+](=O)[O-])cc1. The van der Waals surface area contributed by atoms with Crippen LogP contribution in [-0.2, 0) is 6.18 Å². The van der Waals surface area contributed by atoms with E-state index >= 15 is 0 Å². The van der Waals surface area contributed by atoms with Gasteiger partial charge in [-0.05, 0) is 36.4 Å². The largest absolute Gasteiger partial charge is 0.416 e. The summed E-state index contributed by atoms with van der Waals surface area (Å²) < 4.78 is 37.4. The van der Waals surface area contributed by atoms with E-state index in [1.807, 2.05) is 0 Å². The van der Waals surface area contributed by atoms with Gasteiger partial charge in [0.1, 0.15) is 6.07 Å². The number of hydrogen-bond donors (Lipinski definition) is 1. The lowest BCUT2D eigenvalue weighted by atomic mass is 10.2. The van der Waals surface area contributed by atoms with Crippen molar-refractivity contribution in [3.63, 3.8) is 0 Å². The van der Waals surface area contributed by atoms with Gasteiger partial charge in [-0.1, -0.05) is 0 Å². The number of benzene rings is 2. The Balaban J connectivity index is 2.06. The van der Waals surface area contributed by atoms with Gasteiger partial charge in [-0.15, -0.1) is 15.3 Å². The molecule has 0 aliphatic heterocycles. The molecule has 2 rings (SSSR count). The summed E-state index contributed by atoms with van der Waals surface area (Å²) in [5.41, 5.74) is 2.01. The van der Waals surface area contributed by atoms with Crippen LogP contribution in [0.3, 0.4) is 0 Å². The van der Waals surface area contributed by atoms with E-state index in [-0.39, 0.29) is 17.2 Å². The van der Waals surface area contributed by atoms with Gasteiger partial charge in [0.15, 0.2) is 0 Å². The quantitative estimate of drug-likeness (QED) is 0.280. The number of rotatable bonds is 4. The number of anilines is 1. The number of nitro groups is 1. The maximum atomic E-state index is 12.5. The molecule has 0 heterocycles. The summed E-state index contributed by atoms with van der Waals surface area (Å²) in [6.07, 6.45) is -4.45. The molecule has 0 aliphatic rings. The normalized spacial score (nSPS) is 12.0. The first kappa shape index (κ1) is 18.5. The van der Waals surface area contributed by atoms with Crippen LogP contribution in [-0.4, -0.2) is 10.8 Å². The van der Waals surface area contributed by atoms with Crippen LogP contribution in [0.1, 0.15) is 5.56 Å². The van der Waals surface area contributed by atoms with Crippen molar-refractivity contribution in [3.05, 3.63) is 64.2 Å². The fourth-order valence-electron chi connectivity index (χ4n) is 1.67. The van der Waals surface area contributed by atoms with E-state index in [1.54, 1.807) is 6.07 Å². The van der Waals surface area contributed by atoms with E-state index in [0.717, 1.165) is 24.3 Å². The number of nitrogens with zero attached hydrogens (tertiary/aromatic N) is 5. The van der Waals surface area contributed by atoms with Crippen molar-refractivity contribution < 1.29 is 18.1 Å². The van der Waals surface area contributed by atoms with Gasteiger partial charge in [-0.25, -0.2) is 0 Å². The van der Waals surface area contributed by atoms with Crippen LogP contribution in [0.5, 0.6) is 0 Å². The molecule has 132 valence electrons. The van der Waals surface area contributed by atoms with Crippen molar-refractivity contribution in [1.82, 2.24) is 0 Å². The minimum atomic E-state index is -4.45. The maximum absolute atomic E-state index is 12.5. The average molecular weight is 362 g/mol. The van der Waals surface area contributed by atoms with Crippen LogP contribution in [0, 0.1) is 21.4 Å². The van der Waals surface area contributed by atoms with E-state index in [9.17, 15) is 23.3 Å².